The Labute approximate surface area is 76.9 Å². The van der Waals surface area contributed by atoms with Crippen molar-refractivity contribution in [3.8, 4) is 0 Å². The summed E-state index contributed by atoms with van der Waals surface area (Å²) in [5.41, 5.74) is 0.859. The second-order valence-electron chi connectivity index (χ2n) is 2.34. The molecule has 0 radical (unpaired) electrons. The number of benzene rings is 1. The standard InChI is InChI=1S/C10H11NO2/c12-8-6-11(7-9-13)10-4-2-1-3-5-10/h1-9,12-13H. The third-order valence-electron chi connectivity index (χ3n) is 1.51. The highest BCUT2D eigenvalue weighted by molar-refractivity contribution is 5.51. The maximum Gasteiger partial charge on any atom is 0.0957 e. The number of nitrogens with zero attached hydrogens (tertiary/aromatic N) is 1. The van der Waals surface area contributed by atoms with Crippen molar-refractivity contribution >= 4 is 5.69 Å². The Hall–Kier alpha value is -1.90. The SMILES string of the molecule is OC=CN(C=CO)c1ccccc1. The highest BCUT2D eigenvalue weighted by Crippen LogP contribution is 2.13. The first kappa shape index (κ1) is 9.19. The summed E-state index contributed by atoms with van der Waals surface area (Å²) in [7, 11) is 0. The van der Waals surface area contributed by atoms with Gasteiger partial charge in [-0.25, -0.2) is 0 Å². The topological polar surface area (TPSA) is 43.7 Å². The Balaban J connectivity index is 2.88. The van der Waals surface area contributed by atoms with Crippen LogP contribution in [0.15, 0.2) is 55.3 Å². The lowest BCUT2D eigenvalue weighted by molar-refractivity contribution is 0.468. The molecule has 13 heavy (non-hydrogen) atoms. The summed E-state index contributed by atoms with van der Waals surface area (Å²) in [4.78, 5) is 1.58. The van der Waals surface area contributed by atoms with Crippen LogP contribution in [-0.4, -0.2) is 10.2 Å². The minimum Gasteiger partial charge on any atom is -0.514 e. The number of para-hydroxylation sites is 1. The molecule has 0 bridgehead atoms. The third-order valence-corrected chi connectivity index (χ3v) is 1.51. The first-order chi connectivity index (χ1) is 6.38. The molecule has 0 aromatic heterocycles. The lowest BCUT2D eigenvalue weighted by Crippen LogP contribution is -2.06. The summed E-state index contributed by atoms with van der Waals surface area (Å²) >= 11 is 0. The van der Waals surface area contributed by atoms with Crippen LogP contribution in [-0.2, 0) is 0 Å². The lowest BCUT2D eigenvalue weighted by Gasteiger charge is -2.13. The van der Waals surface area contributed by atoms with E-state index in [0.717, 1.165) is 18.2 Å². The minimum atomic E-state index is 0.859. The lowest BCUT2D eigenvalue weighted by atomic mass is 10.3. The van der Waals surface area contributed by atoms with Gasteiger partial charge in [-0.15, -0.1) is 0 Å². The molecule has 0 saturated carbocycles. The van der Waals surface area contributed by atoms with Gasteiger partial charge >= 0.3 is 0 Å². The quantitative estimate of drug-likeness (QED) is 0.697. The number of anilines is 1. The molecule has 2 N–H and O–H groups in total. The van der Waals surface area contributed by atoms with Gasteiger partial charge in [-0.05, 0) is 12.1 Å². The van der Waals surface area contributed by atoms with Crippen molar-refractivity contribution in [2.75, 3.05) is 4.90 Å². The second-order valence-corrected chi connectivity index (χ2v) is 2.34. The van der Waals surface area contributed by atoms with Crippen LogP contribution in [0.25, 0.3) is 0 Å². The van der Waals surface area contributed by atoms with Gasteiger partial charge in [-0.1, -0.05) is 18.2 Å². The van der Waals surface area contributed by atoms with Gasteiger partial charge in [0, 0.05) is 18.1 Å². The van der Waals surface area contributed by atoms with Crippen LogP contribution < -0.4 is 4.90 Å². The van der Waals surface area contributed by atoms with E-state index in [-0.39, 0.29) is 0 Å². The summed E-state index contributed by atoms with van der Waals surface area (Å²) < 4.78 is 0. The minimum absolute atomic E-state index is 0.859. The molecule has 0 aliphatic rings. The third kappa shape index (κ3) is 2.56. The van der Waals surface area contributed by atoms with E-state index in [2.05, 4.69) is 0 Å². The molecular formula is C10H11NO2. The molecule has 0 aliphatic heterocycles. The van der Waals surface area contributed by atoms with Gasteiger partial charge in [-0.2, -0.15) is 0 Å². The Morgan fingerprint density at radius 2 is 1.46 bits per heavy atom. The molecule has 68 valence electrons. The summed E-state index contributed by atoms with van der Waals surface area (Å²) in [5, 5.41) is 17.2. The molecule has 1 rings (SSSR count). The zero-order valence-corrected chi connectivity index (χ0v) is 7.04. The molecule has 0 atom stereocenters. The van der Waals surface area contributed by atoms with Crippen LogP contribution in [0.1, 0.15) is 0 Å². The van der Waals surface area contributed by atoms with Crippen molar-refractivity contribution in [1.29, 1.82) is 0 Å². The molecule has 1 aromatic rings. The van der Waals surface area contributed by atoms with E-state index in [1.165, 1.54) is 12.4 Å². The predicted octanol–water partition coefficient (Wildman–Crippen LogP) is 2.55. The van der Waals surface area contributed by atoms with E-state index < -0.39 is 0 Å². The molecule has 3 nitrogen and oxygen atoms in total. The van der Waals surface area contributed by atoms with Crippen LogP contribution in [0.3, 0.4) is 0 Å². The molecule has 0 unspecified atom stereocenters. The fourth-order valence-corrected chi connectivity index (χ4v) is 0.966. The van der Waals surface area contributed by atoms with Gasteiger partial charge in [0.05, 0.1) is 12.5 Å². The largest absolute Gasteiger partial charge is 0.514 e. The summed E-state index contributed by atoms with van der Waals surface area (Å²) in [6.45, 7) is 0. The van der Waals surface area contributed by atoms with Gasteiger partial charge in [-0.3, -0.25) is 0 Å². The molecule has 0 amide bonds. The highest BCUT2D eigenvalue weighted by atomic mass is 16.2. The van der Waals surface area contributed by atoms with Gasteiger partial charge in [0.15, 0.2) is 0 Å². The van der Waals surface area contributed by atoms with Crippen molar-refractivity contribution in [2.45, 2.75) is 0 Å². The van der Waals surface area contributed by atoms with E-state index >= 15 is 0 Å². The van der Waals surface area contributed by atoms with Crippen LogP contribution in [0.5, 0.6) is 0 Å². The molecular weight excluding hydrogens is 166 g/mol. The second kappa shape index (κ2) is 4.87. The predicted molar refractivity (Wildman–Crippen MR) is 52.5 cm³/mol. The number of aliphatic hydroxyl groups excluding tert-OH is 2. The maximum absolute atomic E-state index is 8.59. The molecule has 0 heterocycles. The average Bonchev–Trinajstić information content (AvgIpc) is 2.19. The monoisotopic (exact) mass is 177 g/mol. The van der Waals surface area contributed by atoms with E-state index in [1.807, 2.05) is 30.3 Å². The van der Waals surface area contributed by atoms with Crippen molar-refractivity contribution in [3.63, 3.8) is 0 Å². The number of hydrogen-bond acceptors (Lipinski definition) is 3. The number of aliphatic hydroxyl groups is 2. The fourth-order valence-electron chi connectivity index (χ4n) is 0.966. The van der Waals surface area contributed by atoms with Crippen LogP contribution in [0.2, 0.25) is 0 Å². The van der Waals surface area contributed by atoms with Gasteiger partial charge < -0.3 is 15.1 Å². The smallest absolute Gasteiger partial charge is 0.0957 e. The summed E-state index contributed by atoms with van der Waals surface area (Å²) in [5.74, 6) is 0. The Morgan fingerprint density at radius 1 is 0.923 bits per heavy atom. The molecule has 1 aromatic carbocycles. The molecule has 0 saturated heterocycles. The van der Waals surface area contributed by atoms with Gasteiger partial charge in [0.25, 0.3) is 0 Å². The Morgan fingerprint density at radius 3 is 1.92 bits per heavy atom. The molecule has 0 spiro atoms. The van der Waals surface area contributed by atoms with Crippen LogP contribution in [0.4, 0.5) is 5.69 Å². The van der Waals surface area contributed by atoms with Crippen molar-refractivity contribution in [3.05, 3.63) is 55.3 Å². The van der Waals surface area contributed by atoms with Crippen molar-refractivity contribution < 1.29 is 10.2 Å². The summed E-state index contributed by atoms with van der Waals surface area (Å²) in [6, 6.07) is 9.37. The number of rotatable bonds is 3. The normalized spacial score (nSPS) is 11.1. The Kier molecular flexibility index (Phi) is 3.45. The van der Waals surface area contributed by atoms with E-state index in [4.69, 9.17) is 10.2 Å². The fraction of sp³-hybridized carbons (Fsp3) is 0. The zero-order valence-electron chi connectivity index (χ0n) is 7.04. The summed E-state index contributed by atoms with van der Waals surface area (Å²) in [6.07, 6.45) is 4.68. The van der Waals surface area contributed by atoms with Crippen molar-refractivity contribution in [1.82, 2.24) is 0 Å². The first-order valence-electron chi connectivity index (χ1n) is 3.83. The van der Waals surface area contributed by atoms with E-state index in [9.17, 15) is 0 Å². The first-order valence-corrected chi connectivity index (χ1v) is 3.83. The molecule has 0 aliphatic carbocycles. The number of hydrogen-bond donors (Lipinski definition) is 2. The van der Waals surface area contributed by atoms with Crippen LogP contribution >= 0.6 is 0 Å². The van der Waals surface area contributed by atoms with Crippen LogP contribution in [0, 0.1) is 0 Å². The average molecular weight is 177 g/mol. The van der Waals surface area contributed by atoms with Gasteiger partial charge in [0.1, 0.15) is 0 Å². The Bertz CT molecular complexity index is 281. The van der Waals surface area contributed by atoms with E-state index in [1.54, 1.807) is 4.90 Å². The molecule has 3 heteroatoms. The highest BCUT2D eigenvalue weighted by Gasteiger charge is 1.96. The maximum atomic E-state index is 8.59. The van der Waals surface area contributed by atoms with E-state index in [0.29, 0.717) is 0 Å². The van der Waals surface area contributed by atoms with Crippen molar-refractivity contribution in [2.24, 2.45) is 0 Å². The zero-order chi connectivity index (χ0) is 9.52. The molecule has 0 fully saturated rings. The van der Waals surface area contributed by atoms with Gasteiger partial charge in [0.2, 0.25) is 0 Å².